The molecule has 0 spiro atoms. The Balaban J connectivity index is 2.68. The summed E-state index contributed by atoms with van der Waals surface area (Å²) in [5.41, 5.74) is -0.932. The number of rotatable bonds is 4. The number of aliphatic carboxylic acids is 1. The van der Waals surface area contributed by atoms with Crippen molar-refractivity contribution in [1.82, 2.24) is 4.90 Å². The van der Waals surface area contributed by atoms with Gasteiger partial charge in [0.2, 0.25) is 0 Å². The van der Waals surface area contributed by atoms with Crippen LogP contribution in [-0.2, 0) is 9.53 Å². The van der Waals surface area contributed by atoms with Crippen molar-refractivity contribution in [2.75, 3.05) is 26.2 Å². The number of ether oxygens (including phenoxy) is 1. The lowest BCUT2D eigenvalue weighted by molar-refractivity contribution is -0.167. The number of carboxylic acids is 1. The molecule has 88 valence electrons. The second kappa shape index (κ2) is 5.47. The zero-order valence-electron chi connectivity index (χ0n) is 9.66. The summed E-state index contributed by atoms with van der Waals surface area (Å²) in [6.45, 7) is 7.23. The van der Waals surface area contributed by atoms with Crippen molar-refractivity contribution in [2.24, 2.45) is 0 Å². The van der Waals surface area contributed by atoms with E-state index < -0.39 is 11.6 Å². The fourth-order valence-electron chi connectivity index (χ4n) is 2.18. The summed E-state index contributed by atoms with van der Waals surface area (Å²) in [5, 5.41) is 9.26. The van der Waals surface area contributed by atoms with Crippen LogP contribution in [0.2, 0.25) is 0 Å². The van der Waals surface area contributed by atoms with Gasteiger partial charge in [0.25, 0.3) is 0 Å². The lowest BCUT2D eigenvalue weighted by atomic mass is 9.95. The Labute approximate surface area is 91.2 Å². The largest absolute Gasteiger partial charge is 0.479 e. The minimum Gasteiger partial charge on any atom is -0.479 e. The third-order valence-electron chi connectivity index (χ3n) is 3.14. The van der Waals surface area contributed by atoms with Crippen molar-refractivity contribution in [3.8, 4) is 0 Å². The van der Waals surface area contributed by atoms with Gasteiger partial charge >= 0.3 is 5.97 Å². The second-order valence-electron chi connectivity index (χ2n) is 4.02. The van der Waals surface area contributed by atoms with E-state index in [2.05, 4.69) is 11.8 Å². The van der Waals surface area contributed by atoms with Gasteiger partial charge in [-0.1, -0.05) is 6.92 Å². The Bertz CT molecular complexity index is 220. The summed E-state index contributed by atoms with van der Waals surface area (Å²) < 4.78 is 5.48. The Morgan fingerprint density at radius 1 is 1.40 bits per heavy atom. The molecular weight excluding hydrogens is 194 g/mol. The lowest BCUT2D eigenvalue weighted by Gasteiger charge is -2.27. The first kappa shape index (κ1) is 12.5. The van der Waals surface area contributed by atoms with Crippen LogP contribution in [0.3, 0.4) is 0 Å². The van der Waals surface area contributed by atoms with Gasteiger partial charge in [0, 0.05) is 13.2 Å². The first-order valence-electron chi connectivity index (χ1n) is 5.74. The standard InChI is InChI=1S/C11H21NO3/c1-3-12-8-5-6-11(7-9-12,10(13)14)15-4-2/h3-9H2,1-2H3,(H,13,14). The molecule has 1 rings (SSSR count). The van der Waals surface area contributed by atoms with Gasteiger partial charge in [0.1, 0.15) is 0 Å². The van der Waals surface area contributed by atoms with Crippen molar-refractivity contribution in [1.29, 1.82) is 0 Å². The highest BCUT2D eigenvalue weighted by atomic mass is 16.5. The molecule has 1 aliphatic rings. The number of carboxylic acid groups (broad SMARTS) is 1. The predicted octanol–water partition coefficient (Wildman–Crippen LogP) is 1.35. The van der Waals surface area contributed by atoms with E-state index in [1.54, 1.807) is 0 Å². The van der Waals surface area contributed by atoms with Gasteiger partial charge in [0.05, 0.1) is 0 Å². The van der Waals surface area contributed by atoms with E-state index >= 15 is 0 Å². The molecule has 15 heavy (non-hydrogen) atoms. The highest BCUT2D eigenvalue weighted by Crippen LogP contribution is 2.26. The quantitative estimate of drug-likeness (QED) is 0.769. The molecule has 0 bridgehead atoms. The maximum Gasteiger partial charge on any atom is 0.336 e. The van der Waals surface area contributed by atoms with E-state index in [9.17, 15) is 9.90 Å². The SMILES string of the molecule is CCOC1(C(=O)O)CCCN(CC)CC1. The van der Waals surface area contributed by atoms with Crippen molar-refractivity contribution < 1.29 is 14.6 Å². The van der Waals surface area contributed by atoms with Gasteiger partial charge < -0.3 is 14.7 Å². The molecule has 1 unspecified atom stereocenters. The van der Waals surface area contributed by atoms with Crippen molar-refractivity contribution in [3.63, 3.8) is 0 Å². The van der Waals surface area contributed by atoms with Crippen molar-refractivity contribution >= 4 is 5.97 Å². The normalized spacial score (nSPS) is 28.7. The van der Waals surface area contributed by atoms with E-state index in [-0.39, 0.29) is 0 Å². The minimum atomic E-state index is -0.932. The van der Waals surface area contributed by atoms with Gasteiger partial charge in [-0.3, -0.25) is 0 Å². The van der Waals surface area contributed by atoms with Crippen molar-refractivity contribution in [2.45, 2.75) is 38.7 Å². The molecule has 1 atom stereocenters. The number of nitrogens with zero attached hydrogens (tertiary/aromatic N) is 1. The van der Waals surface area contributed by atoms with Crippen LogP contribution in [-0.4, -0.2) is 47.8 Å². The lowest BCUT2D eigenvalue weighted by Crippen LogP contribution is -2.42. The van der Waals surface area contributed by atoms with E-state index in [1.807, 2.05) is 6.92 Å². The third-order valence-corrected chi connectivity index (χ3v) is 3.14. The first-order chi connectivity index (χ1) is 7.14. The summed E-state index contributed by atoms with van der Waals surface area (Å²) in [4.78, 5) is 13.6. The minimum absolute atomic E-state index is 0.471. The summed E-state index contributed by atoms with van der Waals surface area (Å²) in [5.74, 6) is -0.803. The molecule has 0 aromatic rings. The Morgan fingerprint density at radius 3 is 2.67 bits per heavy atom. The molecular formula is C11H21NO3. The molecule has 1 fully saturated rings. The molecule has 0 aliphatic carbocycles. The van der Waals surface area contributed by atoms with E-state index in [0.29, 0.717) is 19.4 Å². The average molecular weight is 215 g/mol. The average Bonchev–Trinajstić information content (AvgIpc) is 2.42. The second-order valence-corrected chi connectivity index (χ2v) is 4.02. The summed E-state index contributed by atoms with van der Waals surface area (Å²) in [6, 6.07) is 0. The maximum absolute atomic E-state index is 11.3. The van der Waals surface area contributed by atoms with Gasteiger partial charge in [0.15, 0.2) is 5.60 Å². The number of carbonyl (C=O) groups is 1. The fraction of sp³-hybridized carbons (Fsp3) is 0.909. The molecule has 1 saturated heterocycles. The zero-order valence-corrected chi connectivity index (χ0v) is 9.66. The molecule has 0 amide bonds. The Morgan fingerprint density at radius 2 is 2.13 bits per heavy atom. The molecule has 4 nitrogen and oxygen atoms in total. The fourth-order valence-corrected chi connectivity index (χ4v) is 2.18. The summed E-state index contributed by atoms with van der Waals surface area (Å²) in [7, 11) is 0. The van der Waals surface area contributed by atoms with Gasteiger partial charge in [-0.15, -0.1) is 0 Å². The Hall–Kier alpha value is -0.610. The number of hydrogen-bond donors (Lipinski definition) is 1. The third kappa shape index (κ3) is 2.92. The monoisotopic (exact) mass is 215 g/mol. The highest BCUT2D eigenvalue weighted by molar-refractivity contribution is 5.77. The summed E-state index contributed by atoms with van der Waals surface area (Å²) >= 11 is 0. The first-order valence-corrected chi connectivity index (χ1v) is 5.74. The Kier molecular flexibility index (Phi) is 4.54. The van der Waals surface area contributed by atoms with Gasteiger partial charge in [-0.05, 0) is 39.3 Å². The van der Waals surface area contributed by atoms with Crippen LogP contribution < -0.4 is 0 Å². The van der Waals surface area contributed by atoms with Crippen LogP contribution in [0.25, 0.3) is 0 Å². The maximum atomic E-state index is 11.3. The van der Waals surface area contributed by atoms with E-state index in [4.69, 9.17) is 4.74 Å². The molecule has 0 aromatic carbocycles. The van der Waals surface area contributed by atoms with Crippen LogP contribution in [0.5, 0.6) is 0 Å². The van der Waals surface area contributed by atoms with E-state index in [1.165, 1.54) is 0 Å². The van der Waals surface area contributed by atoms with Crippen LogP contribution in [0.1, 0.15) is 33.1 Å². The van der Waals surface area contributed by atoms with Gasteiger partial charge in [-0.25, -0.2) is 4.79 Å². The summed E-state index contributed by atoms with van der Waals surface area (Å²) in [6.07, 6.45) is 2.14. The molecule has 0 radical (unpaired) electrons. The van der Waals surface area contributed by atoms with Crippen LogP contribution in [0, 0.1) is 0 Å². The number of likely N-dealkylation sites (tertiary alicyclic amines) is 1. The topological polar surface area (TPSA) is 49.8 Å². The molecule has 4 heteroatoms. The zero-order chi connectivity index (χ0) is 11.3. The highest BCUT2D eigenvalue weighted by Gasteiger charge is 2.40. The molecule has 0 aromatic heterocycles. The van der Waals surface area contributed by atoms with E-state index in [0.717, 1.165) is 26.1 Å². The predicted molar refractivity (Wildman–Crippen MR) is 58.0 cm³/mol. The van der Waals surface area contributed by atoms with Crippen molar-refractivity contribution in [3.05, 3.63) is 0 Å². The molecule has 0 saturated carbocycles. The van der Waals surface area contributed by atoms with Gasteiger partial charge in [-0.2, -0.15) is 0 Å². The molecule has 1 aliphatic heterocycles. The molecule has 1 heterocycles. The van der Waals surface area contributed by atoms with Crippen LogP contribution >= 0.6 is 0 Å². The van der Waals surface area contributed by atoms with Crippen LogP contribution in [0.4, 0.5) is 0 Å². The van der Waals surface area contributed by atoms with Crippen LogP contribution in [0.15, 0.2) is 0 Å². The number of hydrogen-bond acceptors (Lipinski definition) is 3. The molecule has 1 N–H and O–H groups in total. The smallest absolute Gasteiger partial charge is 0.336 e.